The van der Waals surface area contributed by atoms with Crippen molar-refractivity contribution in [1.29, 1.82) is 0 Å². The highest BCUT2D eigenvalue weighted by Crippen LogP contribution is 2.52. The van der Waals surface area contributed by atoms with Gasteiger partial charge in [-0.1, -0.05) is 17.7 Å². The zero-order valence-corrected chi connectivity index (χ0v) is 13.8. The number of benzene rings is 1. The molecule has 0 saturated heterocycles. The van der Waals surface area contributed by atoms with Crippen LogP contribution in [-0.4, -0.2) is 28.2 Å². The molecule has 27 heavy (non-hydrogen) atoms. The molecule has 4 nitrogen and oxygen atoms in total. The number of aromatic nitrogens is 2. The first-order chi connectivity index (χ1) is 12.3. The quantitative estimate of drug-likeness (QED) is 0.455. The lowest BCUT2D eigenvalue weighted by molar-refractivity contribution is -0.344. The summed E-state index contributed by atoms with van der Waals surface area (Å²) in [5.41, 5.74) is -0.920. The summed E-state index contributed by atoms with van der Waals surface area (Å²) in [5, 5.41) is 10.1. The number of halogens is 8. The fraction of sp³-hybridized carbons (Fsp3) is 0.400. The molecule has 0 bridgehead atoms. The van der Waals surface area contributed by atoms with E-state index < -0.39 is 29.9 Å². The molecule has 1 aromatic heterocycles. The lowest BCUT2D eigenvalue weighted by Crippen LogP contribution is -2.56. The summed E-state index contributed by atoms with van der Waals surface area (Å²) < 4.78 is 105. The van der Waals surface area contributed by atoms with Gasteiger partial charge in [-0.3, -0.25) is 0 Å². The third-order valence-electron chi connectivity index (χ3n) is 3.55. The molecule has 0 fully saturated rings. The Morgan fingerprint density at radius 3 is 2.04 bits per heavy atom. The second-order valence-corrected chi connectivity index (χ2v) is 5.66. The summed E-state index contributed by atoms with van der Waals surface area (Å²) in [6.45, 7) is 2.91. The summed E-state index contributed by atoms with van der Waals surface area (Å²) in [4.78, 5) is 0.402. The molecule has 0 radical (unpaired) electrons. The zero-order valence-electron chi connectivity index (χ0n) is 13.8. The fourth-order valence-electron chi connectivity index (χ4n) is 1.92. The van der Waals surface area contributed by atoms with Crippen LogP contribution in [-0.2, 0) is 5.92 Å². The van der Waals surface area contributed by atoms with Crippen molar-refractivity contribution >= 4 is 5.69 Å². The molecule has 0 spiro atoms. The maximum atomic E-state index is 13.9. The van der Waals surface area contributed by atoms with Gasteiger partial charge in [0, 0.05) is 0 Å². The van der Waals surface area contributed by atoms with Crippen molar-refractivity contribution in [2.75, 3.05) is 0 Å². The maximum Gasteiger partial charge on any atom is 0.383 e. The molecular formula is C15H12F8N4. The van der Waals surface area contributed by atoms with Gasteiger partial charge in [-0.2, -0.15) is 26.3 Å². The minimum atomic E-state index is -6.38. The lowest BCUT2D eigenvalue weighted by atomic mass is 10.0. The van der Waals surface area contributed by atoms with E-state index in [1.807, 2.05) is 0 Å². The Hall–Kier alpha value is -2.53. The minimum Gasteiger partial charge on any atom is -0.203 e. The van der Waals surface area contributed by atoms with E-state index in [4.69, 9.17) is 0 Å². The number of alkyl halides is 8. The minimum absolute atomic E-state index is 0.253. The van der Waals surface area contributed by atoms with Gasteiger partial charge in [0.2, 0.25) is 0 Å². The van der Waals surface area contributed by atoms with Gasteiger partial charge in [-0.25, -0.2) is 8.78 Å². The van der Waals surface area contributed by atoms with Crippen LogP contribution in [0.15, 0.2) is 40.7 Å². The third-order valence-corrected chi connectivity index (χ3v) is 3.55. The summed E-state index contributed by atoms with van der Waals surface area (Å²) in [6.07, 6.45) is -5.00. The van der Waals surface area contributed by atoms with Gasteiger partial charge in [0.1, 0.15) is 5.69 Å². The van der Waals surface area contributed by atoms with E-state index in [0.717, 1.165) is 12.5 Å². The van der Waals surface area contributed by atoms with Crippen molar-refractivity contribution in [2.45, 2.75) is 38.0 Å². The first-order valence-electron chi connectivity index (χ1n) is 7.28. The van der Waals surface area contributed by atoms with E-state index in [1.54, 1.807) is 19.1 Å². The molecule has 0 aliphatic carbocycles. The van der Waals surface area contributed by atoms with Crippen molar-refractivity contribution in [3.05, 3.63) is 47.3 Å². The van der Waals surface area contributed by atoms with E-state index in [2.05, 4.69) is 15.4 Å². The third kappa shape index (κ3) is 3.65. The fourth-order valence-corrected chi connectivity index (χ4v) is 1.92. The monoisotopic (exact) mass is 400 g/mol. The van der Waals surface area contributed by atoms with Gasteiger partial charge in [0.05, 0.1) is 11.4 Å². The number of nitrogens with zero attached hydrogens (tertiary/aromatic N) is 4. The summed E-state index contributed by atoms with van der Waals surface area (Å²) in [5.74, 6) is -18.3. The first-order valence-corrected chi connectivity index (χ1v) is 7.28. The molecule has 0 aliphatic heterocycles. The highest BCUT2D eigenvalue weighted by atomic mass is 19.4. The van der Waals surface area contributed by atoms with E-state index >= 15 is 0 Å². The predicted molar refractivity (Wildman–Crippen MR) is 77.8 cm³/mol. The Morgan fingerprint density at radius 2 is 1.52 bits per heavy atom. The highest BCUT2D eigenvalue weighted by Gasteiger charge is 2.76. The van der Waals surface area contributed by atoms with E-state index in [-0.39, 0.29) is 11.4 Å². The van der Waals surface area contributed by atoms with Gasteiger partial charge < -0.3 is 0 Å². The Kier molecular flexibility index (Phi) is 5.30. The molecule has 0 saturated carbocycles. The van der Waals surface area contributed by atoms with Crippen molar-refractivity contribution in [3.8, 4) is 0 Å². The second kappa shape index (κ2) is 6.89. The zero-order chi connectivity index (χ0) is 20.6. The van der Waals surface area contributed by atoms with Crippen molar-refractivity contribution in [2.24, 2.45) is 10.3 Å². The number of hydrogen-bond acceptors (Lipinski definition) is 3. The largest absolute Gasteiger partial charge is 0.383 e. The molecule has 2 aromatic rings. The summed E-state index contributed by atoms with van der Waals surface area (Å²) >= 11 is 0. The van der Waals surface area contributed by atoms with Crippen LogP contribution >= 0.6 is 0 Å². The van der Waals surface area contributed by atoms with Gasteiger partial charge in [0.15, 0.2) is 0 Å². The normalized spacial score (nSPS) is 13.7. The Balaban J connectivity index is 2.37. The molecular weight excluding hydrogens is 388 g/mol. The van der Waals surface area contributed by atoms with E-state index in [9.17, 15) is 35.1 Å². The van der Waals surface area contributed by atoms with Gasteiger partial charge in [-0.05, 0) is 37.3 Å². The number of hydrogen-bond donors (Lipinski definition) is 0. The van der Waals surface area contributed by atoms with Crippen molar-refractivity contribution in [3.63, 3.8) is 0 Å². The van der Waals surface area contributed by atoms with Crippen LogP contribution < -0.4 is 0 Å². The maximum absolute atomic E-state index is 13.9. The predicted octanol–water partition coefficient (Wildman–Crippen LogP) is 5.67. The van der Waals surface area contributed by atoms with Gasteiger partial charge in [-0.15, -0.1) is 15.0 Å². The average Bonchev–Trinajstić information content (AvgIpc) is 2.95. The molecule has 0 atom stereocenters. The van der Waals surface area contributed by atoms with Crippen LogP contribution in [0.1, 0.15) is 17.0 Å². The SMILES string of the molecule is Cc1ccc(N=Nn2nc(C(F)(F)C(F)(F)C(F)(F)C(F)F)cc2C)cc1. The Bertz CT molecular complexity index is 827. The first kappa shape index (κ1) is 20.8. The van der Waals surface area contributed by atoms with Crippen LogP contribution in [0.5, 0.6) is 0 Å². The molecule has 12 heteroatoms. The Morgan fingerprint density at radius 1 is 0.963 bits per heavy atom. The van der Waals surface area contributed by atoms with Crippen molar-refractivity contribution < 1.29 is 35.1 Å². The molecule has 148 valence electrons. The topological polar surface area (TPSA) is 42.5 Å². The van der Waals surface area contributed by atoms with Crippen LogP contribution in [0.3, 0.4) is 0 Å². The van der Waals surface area contributed by atoms with Gasteiger partial charge in [0.25, 0.3) is 0 Å². The van der Waals surface area contributed by atoms with Crippen molar-refractivity contribution in [1.82, 2.24) is 9.89 Å². The lowest BCUT2D eigenvalue weighted by Gasteiger charge is -2.31. The van der Waals surface area contributed by atoms with Crippen LogP contribution in [0.25, 0.3) is 0 Å². The molecule has 0 amide bonds. The smallest absolute Gasteiger partial charge is 0.203 e. The molecule has 0 aliphatic rings. The molecule has 2 rings (SSSR count). The van der Waals surface area contributed by atoms with E-state index in [1.165, 1.54) is 12.1 Å². The molecule has 0 unspecified atom stereocenters. The second-order valence-electron chi connectivity index (χ2n) is 5.66. The average molecular weight is 400 g/mol. The number of aryl methyl sites for hydroxylation is 2. The summed E-state index contributed by atoms with van der Waals surface area (Å²) in [6, 6.07) is 6.70. The summed E-state index contributed by atoms with van der Waals surface area (Å²) in [7, 11) is 0. The molecule has 1 aromatic carbocycles. The van der Waals surface area contributed by atoms with Crippen LogP contribution in [0.2, 0.25) is 0 Å². The highest BCUT2D eigenvalue weighted by molar-refractivity contribution is 5.37. The van der Waals surface area contributed by atoms with E-state index in [0.29, 0.717) is 10.9 Å². The molecule has 0 N–H and O–H groups in total. The molecule has 1 heterocycles. The number of rotatable bonds is 6. The van der Waals surface area contributed by atoms with Crippen LogP contribution in [0.4, 0.5) is 40.8 Å². The van der Waals surface area contributed by atoms with Gasteiger partial charge >= 0.3 is 24.2 Å². The standard InChI is InChI=1S/C15H12F8N4/c1-8-3-5-10(6-4-8)24-26-27-9(2)7-11(25-27)13(18,19)15(22,23)14(20,21)12(16)17/h3-7,12H,1-2H3. The van der Waals surface area contributed by atoms with Crippen LogP contribution in [0, 0.1) is 13.8 Å². The Labute approximate surface area is 147 Å².